The zero-order valence-electron chi connectivity index (χ0n) is 20.8. The quantitative estimate of drug-likeness (QED) is 0.573. The zero-order valence-corrected chi connectivity index (χ0v) is 20.8. The van der Waals surface area contributed by atoms with Crippen LogP contribution in [0.4, 0.5) is 0 Å². The molecule has 4 atom stereocenters. The topological polar surface area (TPSA) is 98.4 Å². The Labute approximate surface area is 210 Å². The molecule has 0 amide bonds. The van der Waals surface area contributed by atoms with Gasteiger partial charge in [-0.05, 0) is 44.0 Å². The standard InChI is InChI=1S/C27H33N3O6/c1-33-23-12-27-19-10-18(31)11-22-24(19)26(36-15-35-22)20(27)9-16(25(32)21(27)14-30(23)34-2)5-3-6-17-13-28-7-4-8-29-17/h9-11,14,16-17,23,28-29H,3-8,12-13,15H2,1-2H3/t16?,17?,23?,27-/m0/s1. The highest BCUT2D eigenvalue weighted by Gasteiger charge is 2.61. The molecule has 0 saturated carbocycles. The maximum Gasteiger partial charge on any atom is 0.230 e. The largest absolute Gasteiger partial charge is 0.457 e. The second kappa shape index (κ2) is 9.30. The highest BCUT2D eigenvalue weighted by molar-refractivity contribution is 6.08. The van der Waals surface area contributed by atoms with Crippen molar-refractivity contribution in [3.05, 3.63) is 58.2 Å². The van der Waals surface area contributed by atoms with E-state index in [-0.39, 0.29) is 24.3 Å². The van der Waals surface area contributed by atoms with E-state index < -0.39 is 11.6 Å². The summed E-state index contributed by atoms with van der Waals surface area (Å²) in [5.41, 5.74) is 2.27. The number of fused-ring (bicyclic) bond motifs is 1. The van der Waals surface area contributed by atoms with Crippen LogP contribution in [0.5, 0.6) is 0 Å². The fourth-order valence-corrected chi connectivity index (χ4v) is 6.54. The third-order valence-electron chi connectivity index (χ3n) is 8.24. The van der Waals surface area contributed by atoms with E-state index in [1.807, 2.05) is 0 Å². The number of hydroxylamine groups is 2. The Morgan fingerprint density at radius 2 is 2.00 bits per heavy atom. The summed E-state index contributed by atoms with van der Waals surface area (Å²) >= 11 is 0. The van der Waals surface area contributed by atoms with Gasteiger partial charge in [-0.25, -0.2) is 5.06 Å². The third-order valence-corrected chi connectivity index (χ3v) is 8.24. The van der Waals surface area contributed by atoms with Crippen LogP contribution >= 0.6 is 0 Å². The van der Waals surface area contributed by atoms with Crippen molar-refractivity contribution in [2.24, 2.45) is 11.3 Å². The predicted molar refractivity (Wildman–Crippen MR) is 130 cm³/mol. The average molecular weight is 496 g/mol. The van der Waals surface area contributed by atoms with Gasteiger partial charge < -0.3 is 24.8 Å². The highest BCUT2D eigenvalue weighted by atomic mass is 16.7. The molecule has 0 aromatic heterocycles. The van der Waals surface area contributed by atoms with Crippen molar-refractivity contribution in [3.8, 4) is 0 Å². The summed E-state index contributed by atoms with van der Waals surface area (Å²) in [7, 11) is 3.18. The molecule has 3 heterocycles. The summed E-state index contributed by atoms with van der Waals surface area (Å²) < 4.78 is 17.5. The second-order valence-corrected chi connectivity index (χ2v) is 10.2. The molecule has 1 saturated heterocycles. The lowest BCUT2D eigenvalue weighted by Crippen LogP contribution is -2.48. The van der Waals surface area contributed by atoms with E-state index in [9.17, 15) is 9.59 Å². The van der Waals surface area contributed by atoms with E-state index in [1.165, 1.54) is 6.08 Å². The minimum atomic E-state index is -0.830. The third kappa shape index (κ3) is 3.60. The lowest BCUT2D eigenvalue weighted by molar-refractivity contribution is -0.210. The Morgan fingerprint density at radius 3 is 2.83 bits per heavy atom. The fourth-order valence-electron chi connectivity index (χ4n) is 6.54. The summed E-state index contributed by atoms with van der Waals surface area (Å²) in [6, 6.07) is 0.417. The molecule has 1 spiro atoms. The van der Waals surface area contributed by atoms with Crippen LogP contribution in [0.15, 0.2) is 58.2 Å². The lowest BCUT2D eigenvalue weighted by atomic mass is 9.60. The SMILES string of the molecule is COC1C[C@@]23C(=CN1OC)C(=O)C(CCCC1CNCCCN1)C=C2C1=C2C(=CC(=O)C=C23)OCO1. The van der Waals surface area contributed by atoms with Crippen molar-refractivity contribution in [2.45, 2.75) is 44.4 Å². The highest BCUT2D eigenvalue weighted by Crippen LogP contribution is 2.64. The van der Waals surface area contributed by atoms with Crippen molar-refractivity contribution in [1.29, 1.82) is 0 Å². The number of hydrogen-bond acceptors (Lipinski definition) is 9. The zero-order chi connectivity index (χ0) is 24.9. The lowest BCUT2D eigenvalue weighted by Gasteiger charge is -2.47. The molecule has 0 bridgehead atoms. The molecular formula is C27H33N3O6. The molecule has 2 N–H and O–H groups in total. The Kier molecular flexibility index (Phi) is 6.11. The summed E-state index contributed by atoms with van der Waals surface area (Å²) in [6.45, 7) is 3.06. The van der Waals surface area contributed by atoms with Crippen LogP contribution in [0.1, 0.15) is 32.1 Å². The number of hydrogen-bond donors (Lipinski definition) is 2. The van der Waals surface area contributed by atoms with E-state index in [0.717, 1.165) is 62.0 Å². The van der Waals surface area contributed by atoms with Gasteiger partial charge >= 0.3 is 0 Å². The predicted octanol–water partition coefficient (Wildman–Crippen LogP) is 2.01. The van der Waals surface area contributed by atoms with E-state index in [2.05, 4.69) is 16.7 Å². The van der Waals surface area contributed by atoms with E-state index >= 15 is 0 Å². The second-order valence-electron chi connectivity index (χ2n) is 10.2. The molecule has 36 heavy (non-hydrogen) atoms. The molecule has 192 valence electrons. The summed E-state index contributed by atoms with van der Waals surface area (Å²) in [4.78, 5) is 32.3. The number of Topliss-reactive ketones (excluding diaryl/α,β-unsaturated/α-hetero) is 1. The monoisotopic (exact) mass is 495 g/mol. The molecule has 3 unspecified atom stereocenters. The summed E-state index contributed by atoms with van der Waals surface area (Å²) in [5.74, 6) is 0.862. The van der Waals surface area contributed by atoms with Crippen molar-refractivity contribution >= 4 is 11.6 Å². The first kappa shape index (κ1) is 23.7. The van der Waals surface area contributed by atoms with Gasteiger partial charge in [0.25, 0.3) is 0 Å². The molecule has 9 heteroatoms. The van der Waals surface area contributed by atoms with Crippen LogP contribution in [0, 0.1) is 11.3 Å². The van der Waals surface area contributed by atoms with Crippen LogP contribution in [-0.4, -0.2) is 69.5 Å². The van der Waals surface area contributed by atoms with Gasteiger partial charge in [0.15, 0.2) is 17.8 Å². The molecule has 0 aromatic rings. The molecule has 6 rings (SSSR count). The number of carbonyl (C=O) groups is 2. The Balaban J connectivity index is 1.39. The van der Waals surface area contributed by atoms with Crippen LogP contribution in [0.2, 0.25) is 0 Å². The van der Waals surface area contributed by atoms with Crippen LogP contribution in [0.3, 0.4) is 0 Å². The maximum atomic E-state index is 14.1. The van der Waals surface area contributed by atoms with E-state index in [0.29, 0.717) is 29.6 Å². The molecule has 9 nitrogen and oxygen atoms in total. The molecule has 3 aliphatic carbocycles. The van der Waals surface area contributed by atoms with Crippen LogP contribution in [-0.2, 0) is 28.6 Å². The number of carbonyl (C=O) groups excluding carboxylic acids is 2. The number of methoxy groups -OCH3 is 1. The van der Waals surface area contributed by atoms with Crippen molar-refractivity contribution in [1.82, 2.24) is 15.7 Å². The Bertz CT molecular complexity index is 1130. The van der Waals surface area contributed by atoms with Gasteiger partial charge in [-0.3, -0.25) is 14.4 Å². The van der Waals surface area contributed by atoms with Crippen molar-refractivity contribution in [3.63, 3.8) is 0 Å². The summed E-state index contributed by atoms with van der Waals surface area (Å²) in [5, 5.41) is 8.68. The van der Waals surface area contributed by atoms with Crippen molar-refractivity contribution in [2.75, 3.05) is 40.6 Å². The number of allylic oxidation sites excluding steroid dienone is 6. The van der Waals surface area contributed by atoms with Crippen LogP contribution in [0.25, 0.3) is 0 Å². The number of rotatable bonds is 6. The van der Waals surface area contributed by atoms with Gasteiger partial charge in [0, 0.05) is 55.5 Å². The Morgan fingerprint density at radius 1 is 1.11 bits per heavy atom. The van der Waals surface area contributed by atoms with Crippen molar-refractivity contribution < 1.29 is 28.6 Å². The number of nitrogens with zero attached hydrogens (tertiary/aromatic N) is 1. The maximum absolute atomic E-state index is 14.1. The molecule has 1 fully saturated rings. The van der Waals surface area contributed by atoms with Gasteiger partial charge in [-0.1, -0.05) is 12.5 Å². The molecule has 0 radical (unpaired) electrons. The van der Waals surface area contributed by atoms with E-state index in [1.54, 1.807) is 31.6 Å². The van der Waals surface area contributed by atoms with Gasteiger partial charge in [-0.2, -0.15) is 0 Å². The number of ether oxygens (including phenoxy) is 3. The first-order chi connectivity index (χ1) is 17.6. The molecule has 3 aliphatic heterocycles. The minimum absolute atomic E-state index is 0.0363. The fraction of sp³-hybridized carbons (Fsp3) is 0.556. The van der Waals surface area contributed by atoms with Gasteiger partial charge in [0.05, 0.1) is 18.1 Å². The van der Waals surface area contributed by atoms with Gasteiger partial charge in [0.2, 0.25) is 6.79 Å². The smallest absolute Gasteiger partial charge is 0.230 e. The first-order valence-corrected chi connectivity index (χ1v) is 12.8. The minimum Gasteiger partial charge on any atom is -0.457 e. The molecular weight excluding hydrogens is 462 g/mol. The molecule has 6 aliphatic rings. The molecule has 0 aromatic carbocycles. The van der Waals surface area contributed by atoms with Gasteiger partial charge in [0.1, 0.15) is 11.5 Å². The normalized spacial score (nSPS) is 33.3. The summed E-state index contributed by atoms with van der Waals surface area (Å²) in [6.07, 6.45) is 10.8. The number of nitrogens with one attached hydrogen (secondary N) is 2. The average Bonchev–Trinajstić information content (AvgIpc) is 3.03. The van der Waals surface area contributed by atoms with E-state index in [4.69, 9.17) is 19.0 Å². The number of ketones is 2. The first-order valence-electron chi connectivity index (χ1n) is 12.8. The Hall–Kier alpha value is -2.72. The van der Waals surface area contributed by atoms with Gasteiger partial charge in [-0.15, -0.1) is 0 Å². The van der Waals surface area contributed by atoms with Crippen LogP contribution < -0.4 is 10.6 Å².